The number of sulfone groups is 1. The van der Waals surface area contributed by atoms with Crippen LogP contribution in [0.15, 0.2) is 23.1 Å². The molecule has 2 N–H and O–H groups in total. The smallest absolute Gasteiger partial charge is 0.244 e. The number of carbonyl (C=O) groups excluding carboxylic acids is 1. The van der Waals surface area contributed by atoms with Crippen molar-refractivity contribution in [2.45, 2.75) is 10.1 Å². The average Bonchev–Trinajstić information content (AvgIpc) is 2.23. The first-order valence-corrected chi connectivity index (χ1v) is 6.50. The summed E-state index contributed by atoms with van der Waals surface area (Å²) in [5, 5.41) is 3.87. The lowest BCUT2D eigenvalue weighted by atomic mass is 10.2. The van der Waals surface area contributed by atoms with Crippen LogP contribution in [0.4, 0.5) is 10.1 Å². The number of nitrogens with one attached hydrogen (secondary N) is 2. The van der Waals surface area contributed by atoms with Crippen LogP contribution in [0, 0.1) is 5.82 Å². The number of rotatable bonds is 2. The number of fused-ring (bicyclic) bond motifs is 1. The molecule has 92 valence electrons. The van der Waals surface area contributed by atoms with Gasteiger partial charge in [0.25, 0.3) is 0 Å². The van der Waals surface area contributed by atoms with Crippen LogP contribution >= 0.6 is 0 Å². The van der Waals surface area contributed by atoms with E-state index in [0.717, 1.165) is 12.1 Å². The third-order valence-electron chi connectivity index (χ3n) is 2.56. The van der Waals surface area contributed by atoms with Crippen molar-refractivity contribution < 1.29 is 17.6 Å². The molecule has 1 unspecified atom stereocenters. The van der Waals surface area contributed by atoms with Gasteiger partial charge >= 0.3 is 0 Å². The molecule has 0 saturated carbocycles. The molecule has 0 bridgehead atoms. The van der Waals surface area contributed by atoms with Crippen LogP contribution in [0.25, 0.3) is 0 Å². The number of hydrogen-bond donors (Lipinski definition) is 2. The van der Waals surface area contributed by atoms with E-state index in [4.69, 9.17) is 0 Å². The van der Waals surface area contributed by atoms with Gasteiger partial charge in [0.05, 0.1) is 10.6 Å². The van der Waals surface area contributed by atoms with E-state index in [9.17, 15) is 17.6 Å². The molecule has 17 heavy (non-hydrogen) atoms. The Morgan fingerprint density at radius 1 is 1.47 bits per heavy atom. The Balaban J connectivity index is 2.58. The van der Waals surface area contributed by atoms with Crippen LogP contribution in [0.1, 0.15) is 0 Å². The number of halogens is 1. The molecule has 1 aromatic carbocycles. The summed E-state index contributed by atoms with van der Waals surface area (Å²) in [6.45, 7) is 0.0188. The molecular weight excluding hydrogens is 247 g/mol. The van der Waals surface area contributed by atoms with E-state index in [1.54, 1.807) is 7.05 Å². The van der Waals surface area contributed by atoms with Crippen molar-refractivity contribution in [3.8, 4) is 0 Å². The molecule has 1 atom stereocenters. The number of benzene rings is 1. The monoisotopic (exact) mass is 258 g/mol. The molecule has 0 fully saturated rings. The maximum absolute atomic E-state index is 13.0. The van der Waals surface area contributed by atoms with Gasteiger partial charge in [-0.15, -0.1) is 0 Å². The van der Waals surface area contributed by atoms with E-state index >= 15 is 0 Å². The number of hydrogen-bond acceptors (Lipinski definition) is 4. The van der Waals surface area contributed by atoms with Gasteiger partial charge in [0.1, 0.15) is 5.82 Å². The van der Waals surface area contributed by atoms with Gasteiger partial charge in [-0.1, -0.05) is 0 Å². The zero-order valence-corrected chi connectivity index (χ0v) is 9.84. The standard InChI is InChI=1S/C10H11FN2O3S/c1-12-5-9-10(14)13-7-4-6(11)2-3-8(7)17(9,15)16/h2-4,9,12H,5H2,1H3,(H,13,14). The van der Waals surface area contributed by atoms with Crippen LogP contribution in [-0.2, 0) is 14.6 Å². The summed E-state index contributed by atoms with van der Waals surface area (Å²) in [6, 6.07) is 3.23. The van der Waals surface area contributed by atoms with E-state index < -0.39 is 26.8 Å². The second-order valence-corrected chi connectivity index (χ2v) is 5.82. The molecular formula is C10H11FN2O3S. The van der Waals surface area contributed by atoms with Crippen molar-refractivity contribution in [3.05, 3.63) is 24.0 Å². The summed E-state index contributed by atoms with van der Waals surface area (Å²) in [5.74, 6) is -1.23. The Morgan fingerprint density at radius 3 is 2.82 bits per heavy atom. The minimum absolute atomic E-state index is 0.00218. The summed E-state index contributed by atoms with van der Waals surface area (Å²) in [7, 11) is -2.19. The minimum Gasteiger partial charge on any atom is -0.324 e. The summed E-state index contributed by atoms with van der Waals surface area (Å²) < 4.78 is 37.1. The first-order chi connectivity index (χ1) is 7.96. The van der Waals surface area contributed by atoms with Crippen LogP contribution in [0.5, 0.6) is 0 Å². The molecule has 1 amide bonds. The molecule has 0 aliphatic carbocycles. The summed E-state index contributed by atoms with van der Waals surface area (Å²) in [4.78, 5) is 11.6. The van der Waals surface area contributed by atoms with Gasteiger partial charge in [-0.05, 0) is 25.2 Å². The minimum atomic E-state index is -3.75. The van der Waals surface area contributed by atoms with Crippen LogP contribution < -0.4 is 10.6 Å². The summed E-state index contributed by atoms with van der Waals surface area (Å²) in [6.07, 6.45) is 0. The van der Waals surface area contributed by atoms with Gasteiger partial charge < -0.3 is 10.6 Å². The molecule has 0 aromatic heterocycles. The van der Waals surface area contributed by atoms with Crippen molar-refractivity contribution in [1.82, 2.24) is 5.32 Å². The first-order valence-electron chi connectivity index (χ1n) is 4.95. The summed E-state index contributed by atoms with van der Waals surface area (Å²) in [5.41, 5.74) is 0.00218. The fraction of sp³-hybridized carbons (Fsp3) is 0.300. The van der Waals surface area contributed by atoms with Crippen molar-refractivity contribution in [3.63, 3.8) is 0 Å². The molecule has 7 heteroatoms. The van der Waals surface area contributed by atoms with Crippen LogP contribution in [0.3, 0.4) is 0 Å². The normalized spacial score (nSPS) is 21.8. The Morgan fingerprint density at radius 2 is 2.18 bits per heavy atom. The van der Waals surface area contributed by atoms with Gasteiger partial charge in [-0.25, -0.2) is 12.8 Å². The quantitative estimate of drug-likeness (QED) is 0.740. The Labute approximate surface area is 97.9 Å². The summed E-state index contributed by atoms with van der Waals surface area (Å²) >= 11 is 0. The van der Waals surface area contributed by atoms with E-state index in [1.165, 1.54) is 6.07 Å². The average molecular weight is 258 g/mol. The molecule has 1 heterocycles. The maximum Gasteiger partial charge on any atom is 0.244 e. The lowest BCUT2D eigenvalue weighted by molar-refractivity contribution is -0.115. The van der Waals surface area contributed by atoms with E-state index in [0.29, 0.717) is 0 Å². The third kappa shape index (κ3) is 1.91. The molecule has 5 nitrogen and oxygen atoms in total. The zero-order valence-electron chi connectivity index (χ0n) is 9.03. The fourth-order valence-electron chi connectivity index (χ4n) is 1.74. The fourth-order valence-corrected chi connectivity index (χ4v) is 3.45. The zero-order chi connectivity index (χ0) is 12.6. The second-order valence-electron chi connectivity index (χ2n) is 3.72. The van der Waals surface area contributed by atoms with Gasteiger partial charge in [0.15, 0.2) is 15.1 Å². The Hall–Kier alpha value is -1.47. The molecule has 2 rings (SSSR count). The van der Waals surface area contributed by atoms with Gasteiger partial charge in [0, 0.05) is 6.54 Å². The highest BCUT2D eigenvalue weighted by Gasteiger charge is 2.39. The Bertz CT molecular complexity index is 571. The topological polar surface area (TPSA) is 75.3 Å². The Kier molecular flexibility index (Phi) is 2.88. The number of carbonyl (C=O) groups is 1. The molecule has 0 spiro atoms. The van der Waals surface area contributed by atoms with E-state index in [2.05, 4.69) is 10.6 Å². The lowest BCUT2D eigenvalue weighted by Crippen LogP contribution is -2.45. The van der Waals surface area contributed by atoms with Gasteiger partial charge in [-0.3, -0.25) is 4.79 Å². The highest BCUT2D eigenvalue weighted by atomic mass is 32.2. The molecule has 0 saturated heterocycles. The van der Waals surface area contributed by atoms with Crippen molar-refractivity contribution in [2.75, 3.05) is 18.9 Å². The first kappa shape index (κ1) is 12.0. The molecule has 1 aliphatic heterocycles. The largest absolute Gasteiger partial charge is 0.324 e. The highest BCUT2D eigenvalue weighted by Crippen LogP contribution is 2.30. The molecule has 0 radical (unpaired) electrons. The van der Waals surface area contributed by atoms with Crippen molar-refractivity contribution in [2.24, 2.45) is 0 Å². The van der Waals surface area contributed by atoms with Gasteiger partial charge in [0.2, 0.25) is 5.91 Å². The van der Waals surface area contributed by atoms with E-state index in [1.807, 2.05) is 0 Å². The maximum atomic E-state index is 13.0. The number of anilines is 1. The van der Waals surface area contributed by atoms with Crippen molar-refractivity contribution in [1.29, 1.82) is 0 Å². The number of amides is 1. The predicted octanol–water partition coefficient (Wildman–Crippen LogP) is 0.139. The predicted molar refractivity (Wildman–Crippen MR) is 59.9 cm³/mol. The second kappa shape index (κ2) is 4.08. The highest BCUT2D eigenvalue weighted by molar-refractivity contribution is 7.93. The third-order valence-corrected chi connectivity index (χ3v) is 4.66. The van der Waals surface area contributed by atoms with Gasteiger partial charge in [-0.2, -0.15) is 0 Å². The van der Waals surface area contributed by atoms with Crippen molar-refractivity contribution >= 4 is 21.4 Å². The van der Waals surface area contributed by atoms with Crippen LogP contribution in [-0.4, -0.2) is 33.2 Å². The molecule has 1 aliphatic rings. The van der Waals surface area contributed by atoms with Crippen LogP contribution in [0.2, 0.25) is 0 Å². The SMILES string of the molecule is CNCC1C(=O)Nc2cc(F)ccc2S1(=O)=O. The van der Waals surface area contributed by atoms with E-state index in [-0.39, 0.29) is 17.1 Å². The lowest BCUT2D eigenvalue weighted by Gasteiger charge is -2.24. The molecule has 1 aromatic rings.